The first-order valence-corrected chi connectivity index (χ1v) is 8.07. The number of para-hydroxylation sites is 1. The molecule has 5 nitrogen and oxygen atoms in total. The summed E-state index contributed by atoms with van der Waals surface area (Å²) in [5.74, 6) is -5.94. The highest BCUT2D eigenvalue weighted by Gasteiger charge is 2.61. The second-order valence-electron chi connectivity index (χ2n) is 6.52. The van der Waals surface area contributed by atoms with Crippen LogP contribution < -0.4 is 10.2 Å². The summed E-state index contributed by atoms with van der Waals surface area (Å²) in [6.07, 6.45) is 0.918. The molecule has 1 saturated carbocycles. The van der Waals surface area contributed by atoms with E-state index in [-0.39, 0.29) is 12.8 Å². The number of nitrogens with zero attached hydrogens (tertiary/aromatic N) is 1. The van der Waals surface area contributed by atoms with Crippen LogP contribution >= 0.6 is 0 Å². The number of hydrogen-bond donors (Lipinski definition) is 2. The van der Waals surface area contributed by atoms with Crippen LogP contribution in [0.5, 0.6) is 0 Å². The van der Waals surface area contributed by atoms with Crippen LogP contribution in [0.1, 0.15) is 31.7 Å². The Kier molecular flexibility index (Phi) is 4.07. The van der Waals surface area contributed by atoms with Gasteiger partial charge in [0, 0.05) is 12.2 Å². The average molecular weight is 338 g/mol. The fourth-order valence-corrected chi connectivity index (χ4v) is 3.19. The molecule has 130 valence electrons. The van der Waals surface area contributed by atoms with Gasteiger partial charge in [0.2, 0.25) is 5.91 Å². The summed E-state index contributed by atoms with van der Waals surface area (Å²) >= 11 is 0. The zero-order chi connectivity index (χ0) is 17.5. The molecule has 0 aromatic heterocycles. The topological polar surface area (TPSA) is 69.6 Å². The van der Waals surface area contributed by atoms with Crippen LogP contribution in [0.4, 0.5) is 14.5 Å². The number of alkyl halides is 2. The minimum atomic E-state index is -3.90. The molecule has 1 aromatic rings. The number of hydrogen-bond acceptors (Lipinski definition) is 3. The molecule has 0 bridgehead atoms. The number of nitrogens with one attached hydrogen (secondary N) is 1. The normalized spacial score (nSPS) is 20.1. The quantitative estimate of drug-likeness (QED) is 0.877. The Hall–Kier alpha value is -2.02. The van der Waals surface area contributed by atoms with Gasteiger partial charge in [-0.15, -0.1) is 0 Å². The van der Waals surface area contributed by atoms with Gasteiger partial charge in [-0.2, -0.15) is 8.78 Å². The summed E-state index contributed by atoms with van der Waals surface area (Å²) in [5, 5.41) is 11.9. The van der Waals surface area contributed by atoms with E-state index in [4.69, 9.17) is 0 Å². The minimum Gasteiger partial charge on any atom is -0.383 e. The third kappa shape index (κ3) is 2.56. The predicted octanol–water partition coefficient (Wildman–Crippen LogP) is 1.63. The molecule has 1 fully saturated rings. The van der Waals surface area contributed by atoms with Gasteiger partial charge in [-0.3, -0.25) is 9.59 Å². The van der Waals surface area contributed by atoms with Crippen molar-refractivity contribution in [2.45, 2.75) is 50.2 Å². The fraction of sp³-hybridized carbons (Fsp3) is 0.529. The molecule has 0 radical (unpaired) electrons. The van der Waals surface area contributed by atoms with Gasteiger partial charge in [-0.25, -0.2) is 0 Å². The van der Waals surface area contributed by atoms with Crippen molar-refractivity contribution < 1.29 is 23.5 Å². The van der Waals surface area contributed by atoms with E-state index in [1.54, 1.807) is 12.1 Å². The lowest BCUT2D eigenvalue weighted by Crippen LogP contribution is -2.62. The molecule has 7 heteroatoms. The SMILES string of the molecule is CC(NC(=O)C(F)(F)C1(O)CCC1)C(=O)N1CCc2ccccc21. The van der Waals surface area contributed by atoms with Crippen molar-refractivity contribution in [2.75, 3.05) is 11.4 Å². The van der Waals surface area contributed by atoms with Crippen molar-refractivity contribution in [1.82, 2.24) is 5.32 Å². The molecule has 24 heavy (non-hydrogen) atoms. The van der Waals surface area contributed by atoms with Crippen LogP contribution in [-0.2, 0) is 16.0 Å². The molecule has 1 atom stereocenters. The molecule has 3 rings (SSSR count). The Balaban J connectivity index is 1.68. The van der Waals surface area contributed by atoms with Crippen LogP contribution in [0.25, 0.3) is 0 Å². The number of fused-ring (bicyclic) bond motifs is 1. The first-order valence-electron chi connectivity index (χ1n) is 8.07. The predicted molar refractivity (Wildman–Crippen MR) is 83.9 cm³/mol. The Labute approximate surface area is 138 Å². The Morgan fingerprint density at radius 3 is 2.62 bits per heavy atom. The molecule has 1 unspecified atom stereocenters. The fourth-order valence-electron chi connectivity index (χ4n) is 3.19. The average Bonchev–Trinajstić information content (AvgIpc) is 2.95. The van der Waals surface area contributed by atoms with Crippen LogP contribution in [0.3, 0.4) is 0 Å². The lowest BCUT2D eigenvalue weighted by Gasteiger charge is -2.41. The zero-order valence-electron chi connectivity index (χ0n) is 13.4. The van der Waals surface area contributed by atoms with Crippen LogP contribution in [0, 0.1) is 0 Å². The summed E-state index contributed by atoms with van der Waals surface area (Å²) in [6, 6.07) is 6.27. The van der Waals surface area contributed by atoms with Crippen molar-refractivity contribution in [1.29, 1.82) is 0 Å². The van der Waals surface area contributed by atoms with Gasteiger partial charge in [0.15, 0.2) is 0 Å². The molecular formula is C17H20F2N2O3. The Bertz CT molecular complexity index is 674. The standard InChI is InChI=1S/C17H20F2N2O3/c1-11(20-15(23)17(18,19)16(24)8-4-9-16)14(22)21-10-7-12-5-2-3-6-13(12)21/h2-3,5-6,11,24H,4,7-10H2,1H3,(H,20,23). The maximum atomic E-state index is 14.1. The smallest absolute Gasteiger partial charge is 0.352 e. The molecule has 1 aliphatic heterocycles. The maximum Gasteiger partial charge on any atom is 0.352 e. The number of halogens is 2. The van der Waals surface area contributed by atoms with Gasteiger partial charge < -0.3 is 15.3 Å². The number of anilines is 1. The summed E-state index contributed by atoms with van der Waals surface area (Å²) in [7, 11) is 0. The Morgan fingerprint density at radius 1 is 1.33 bits per heavy atom. The van der Waals surface area contributed by atoms with E-state index in [0.29, 0.717) is 19.4 Å². The van der Waals surface area contributed by atoms with E-state index in [0.717, 1.165) is 11.3 Å². The lowest BCUT2D eigenvalue weighted by atomic mass is 9.75. The third-order valence-electron chi connectivity index (χ3n) is 4.92. The van der Waals surface area contributed by atoms with Crippen molar-refractivity contribution in [2.24, 2.45) is 0 Å². The number of carbonyl (C=O) groups excluding carboxylic acids is 2. The maximum absolute atomic E-state index is 14.1. The molecule has 0 spiro atoms. The molecule has 2 aliphatic rings. The van der Waals surface area contributed by atoms with E-state index >= 15 is 0 Å². The first kappa shape index (κ1) is 16.8. The van der Waals surface area contributed by atoms with Crippen molar-refractivity contribution in [3.05, 3.63) is 29.8 Å². The van der Waals surface area contributed by atoms with Gasteiger partial charge in [0.05, 0.1) is 0 Å². The molecule has 2 N–H and O–H groups in total. The van der Waals surface area contributed by atoms with E-state index in [2.05, 4.69) is 5.32 Å². The van der Waals surface area contributed by atoms with Gasteiger partial charge in [0.1, 0.15) is 11.6 Å². The van der Waals surface area contributed by atoms with Gasteiger partial charge in [-0.05, 0) is 44.2 Å². The lowest BCUT2D eigenvalue weighted by molar-refractivity contribution is -0.216. The number of amides is 2. The van der Waals surface area contributed by atoms with Crippen LogP contribution in [0.15, 0.2) is 24.3 Å². The van der Waals surface area contributed by atoms with Crippen molar-refractivity contribution >= 4 is 17.5 Å². The summed E-state index contributed by atoms with van der Waals surface area (Å²) in [6.45, 7) is 1.83. The molecule has 2 amide bonds. The zero-order valence-corrected chi connectivity index (χ0v) is 13.4. The van der Waals surface area contributed by atoms with E-state index in [1.165, 1.54) is 11.8 Å². The molecule has 1 aromatic carbocycles. The highest BCUT2D eigenvalue weighted by atomic mass is 19.3. The van der Waals surface area contributed by atoms with E-state index in [9.17, 15) is 23.5 Å². The molecule has 1 heterocycles. The number of carbonyl (C=O) groups is 2. The second-order valence-corrected chi connectivity index (χ2v) is 6.52. The third-order valence-corrected chi connectivity index (χ3v) is 4.92. The number of rotatable bonds is 4. The molecule has 0 saturated heterocycles. The van der Waals surface area contributed by atoms with E-state index in [1.807, 2.05) is 12.1 Å². The second kappa shape index (κ2) is 5.81. The molecule has 1 aliphatic carbocycles. The van der Waals surface area contributed by atoms with Crippen LogP contribution in [0.2, 0.25) is 0 Å². The summed E-state index contributed by atoms with van der Waals surface area (Å²) < 4.78 is 28.2. The monoisotopic (exact) mass is 338 g/mol. The van der Waals surface area contributed by atoms with Gasteiger partial charge >= 0.3 is 5.92 Å². The van der Waals surface area contributed by atoms with Crippen molar-refractivity contribution in [3.63, 3.8) is 0 Å². The number of aliphatic hydroxyl groups is 1. The van der Waals surface area contributed by atoms with Crippen molar-refractivity contribution in [3.8, 4) is 0 Å². The Morgan fingerprint density at radius 2 is 2.00 bits per heavy atom. The highest BCUT2D eigenvalue weighted by molar-refractivity contribution is 6.01. The van der Waals surface area contributed by atoms with Crippen LogP contribution in [-0.4, -0.2) is 41.0 Å². The van der Waals surface area contributed by atoms with Gasteiger partial charge in [-0.1, -0.05) is 18.2 Å². The first-order chi connectivity index (χ1) is 11.3. The minimum absolute atomic E-state index is 0.116. The van der Waals surface area contributed by atoms with E-state index < -0.39 is 29.4 Å². The summed E-state index contributed by atoms with van der Waals surface area (Å²) in [5.41, 5.74) is -0.536. The summed E-state index contributed by atoms with van der Waals surface area (Å²) in [4.78, 5) is 25.9. The highest BCUT2D eigenvalue weighted by Crippen LogP contribution is 2.44. The number of benzene rings is 1. The van der Waals surface area contributed by atoms with Gasteiger partial charge in [0.25, 0.3) is 5.91 Å². The molecular weight excluding hydrogens is 318 g/mol. The largest absolute Gasteiger partial charge is 0.383 e.